The number of nitrogens with one attached hydrogen (secondary N) is 2. The summed E-state index contributed by atoms with van der Waals surface area (Å²) in [6.45, 7) is 5.26. The molecule has 6 heteroatoms. The van der Waals surface area contributed by atoms with E-state index >= 15 is 0 Å². The molecule has 0 aliphatic heterocycles. The Labute approximate surface area is 143 Å². The van der Waals surface area contributed by atoms with Crippen LogP contribution in [0.5, 0.6) is 5.88 Å². The van der Waals surface area contributed by atoms with Crippen molar-refractivity contribution in [3.63, 3.8) is 0 Å². The van der Waals surface area contributed by atoms with Gasteiger partial charge in [-0.3, -0.25) is 9.59 Å². The molecule has 132 valence electrons. The van der Waals surface area contributed by atoms with Gasteiger partial charge in [-0.15, -0.1) is 0 Å². The van der Waals surface area contributed by atoms with Crippen molar-refractivity contribution in [2.24, 2.45) is 11.8 Å². The van der Waals surface area contributed by atoms with Gasteiger partial charge in [-0.2, -0.15) is 0 Å². The zero-order valence-corrected chi connectivity index (χ0v) is 14.5. The quantitative estimate of drug-likeness (QED) is 0.687. The molecule has 0 bridgehead atoms. The zero-order valence-electron chi connectivity index (χ0n) is 14.5. The van der Waals surface area contributed by atoms with Gasteiger partial charge in [0.2, 0.25) is 17.7 Å². The molecule has 1 aliphatic carbocycles. The number of aromatic nitrogens is 1. The lowest BCUT2D eigenvalue weighted by molar-refractivity contribution is -0.126. The molecule has 0 atom stereocenters. The minimum Gasteiger partial charge on any atom is -0.477 e. The minimum atomic E-state index is -0.207. The van der Waals surface area contributed by atoms with Gasteiger partial charge in [0.15, 0.2) is 0 Å². The van der Waals surface area contributed by atoms with Gasteiger partial charge >= 0.3 is 0 Å². The number of nitrogens with zero attached hydrogens (tertiary/aromatic N) is 1. The number of carbonyl (C=O) groups excluding carboxylic acids is 2. The summed E-state index contributed by atoms with van der Waals surface area (Å²) < 4.78 is 5.57. The fraction of sp³-hybridized carbons (Fsp3) is 0.611. The third-order valence-corrected chi connectivity index (χ3v) is 3.85. The third kappa shape index (κ3) is 7.44. The Morgan fingerprint density at radius 3 is 2.67 bits per heavy atom. The number of carbonyl (C=O) groups is 2. The van der Waals surface area contributed by atoms with E-state index in [0.29, 0.717) is 30.7 Å². The van der Waals surface area contributed by atoms with Crippen molar-refractivity contribution in [2.75, 3.05) is 13.2 Å². The molecule has 0 saturated heterocycles. The molecule has 0 unspecified atom stereocenters. The predicted molar refractivity (Wildman–Crippen MR) is 91.4 cm³/mol. The summed E-state index contributed by atoms with van der Waals surface area (Å²) in [5.74, 6) is 1.50. The van der Waals surface area contributed by atoms with Crippen LogP contribution in [-0.4, -0.2) is 29.9 Å². The van der Waals surface area contributed by atoms with Gasteiger partial charge in [-0.25, -0.2) is 4.98 Å². The lowest BCUT2D eigenvalue weighted by atomic mass is 10.1. The monoisotopic (exact) mass is 333 g/mol. The van der Waals surface area contributed by atoms with Gasteiger partial charge < -0.3 is 15.4 Å². The Morgan fingerprint density at radius 2 is 2.04 bits per heavy atom. The molecule has 2 N–H and O–H groups in total. The van der Waals surface area contributed by atoms with E-state index in [1.54, 1.807) is 6.20 Å². The molecule has 1 aromatic rings. The average molecular weight is 333 g/mol. The minimum absolute atomic E-state index is 0.00689. The molecule has 1 aliphatic rings. The molecule has 1 aromatic heterocycles. The summed E-state index contributed by atoms with van der Waals surface area (Å²) in [6, 6.07) is 3.70. The summed E-state index contributed by atoms with van der Waals surface area (Å²) in [5, 5.41) is 5.39. The number of amides is 2. The summed E-state index contributed by atoms with van der Waals surface area (Å²) in [4.78, 5) is 27.5. The Balaban J connectivity index is 1.61. The maximum Gasteiger partial charge on any atom is 0.239 e. The van der Waals surface area contributed by atoms with E-state index in [0.717, 1.165) is 18.6 Å². The van der Waals surface area contributed by atoms with Gasteiger partial charge in [0.1, 0.15) is 0 Å². The highest BCUT2D eigenvalue weighted by Crippen LogP contribution is 2.29. The molecule has 1 heterocycles. The molecular weight excluding hydrogens is 306 g/mol. The molecule has 1 fully saturated rings. The van der Waals surface area contributed by atoms with Crippen LogP contribution in [0.25, 0.3) is 0 Å². The van der Waals surface area contributed by atoms with Crippen molar-refractivity contribution in [2.45, 2.75) is 46.1 Å². The van der Waals surface area contributed by atoms with Crippen LogP contribution in [0, 0.1) is 11.8 Å². The molecular formula is C18H27N3O3. The van der Waals surface area contributed by atoms with Gasteiger partial charge in [0.25, 0.3) is 0 Å². The SMILES string of the molecule is CC(C)CCC(=O)NCC(=O)NCc1ccc(OCC2CC2)nc1. The summed E-state index contributed by atoms with van der Waals surface area (Å²) in [5.41, 5.74) is 0.897. The van der Waals surface area contributed by atoms with Crippen molar-refractivity contribution >= 4 is 11.8 Å². The van der Waals surface area contributed by atoms with Gasteiger partial charge in [-0.1, -0.05) is 19.9 Å². The van der Waals surface area contributed by atoms with Crippen molar-refractivity contribution in [3.05, 3.63) is 23.9 Å². The van der Waals surface area contributed by atoms with E-state index < -0.39 is 0 Å². The fourth-order valence-electron chi connectivity index (χ4n) is 2.04. The normalized spacial score (nSPS) is 13.6. The van der Waals surface area contributed by atoms with Crippen LogP contribution in [-0.2, 0) is 16.1 Å². The van der Waals surface area contributed by atoms with Crippen LogP contribution >= 0.6 is 0 Å². The lowest BCUT2D eigenvalue weighted by Crippen LogP contribution is -2.36. The molecule has 0 spiro atoms. The second kappa shape index (κ2) is 9.25. The van der Waals surface area contributed by atoms with Gasteiger partial charge in [0, 0.05) is 25.2 Å². The molecule has 24 heavy (non-hydrogen) atoms. The van der Waals surface area contributed by atoms with E-state index in [9.17, 15) is 9.59 Å². The van der Waals surface area contributed by atoms with Crippen molar-refractivity contribution in [1.82, 2.24) is 15.6 Å². The first-order valence-electron chi connectivity index (χ1n) is 8.64. The van der Waals surface area contributed by atoms with Crippen LogP contribution in [0.1, 0.15) is 45.1 Å². The van der Waals surface area contributed by atoms with Crippen LogP contribution in [0.15, 0.2) is 18.3 Å². The van der Waals surface area contributed by atoms with Crippen LogP contribution < -0.4 is 15.4 Å². The second-order valence-corrected chi connectivity index (χ2v) is 6.75. The summed E-state index contributed by atoms with van der Waals surface area (Å²) in [6.07, 6.45) is 5.48. The highest BCUT2D eigenvalue weighted by molar-refractivity contribution is 5.84. The number of hydrogen-bond donors (Lipinski definition) is 2. The Morgan fingerprint density at radius 1 is 1.25 bits per heavy atom. The lowest BCUT2D eigenvalue weighted by Gasteiger charge is -2.08. The molecule has 0 aromatic carbocycles. The number of rotatable bonds is 10. The van der Waals surface area contributed by atoms with Crippen molar-refractivity contribution in [3.8, 4) is 5.88 Å². The largest absolute Gasteiger partial charge is 0.477 e. The first-order chi connectivity index (χ1) is 11.5. The fourth-order valence-corrected chi connectivity index (χ4v) is 2.04. The van der Waals surface area contributed by atoms with E-state index in [1.807, 2.05) is 12.1 Å². The number of pyridine rings is 1. The topological polar surface area (TPSA) is 80.3 Å². The van der Waals surface area contributed by atoms with Gasteiger partial charge in [0.05, 0.1) is 13.2 Å². The summed E-state index contributed by atoms with van der Waals surface area (Å²) in [7, 11) is 0. The molecule has 6 nitrogen and oxygen atoms in total. The van der Waals surface area contributed by atoms with E-state index in [1.165, 1.54) is 12.8 Å². The number of ether oxygens (including phenoxy) is 1. The standard InChI is InChI=1S/C18H27N3O3/c1-13(2)3-7-16(22)20-11-17(23)19-9-15-6-8-18(21-10-15)24-12-14-4-5-14/h6,8,10,13-14H,3-5,7,9,11-12H2,1-2H3,(H,19,23)(H,20,22). The molecule has 2 amide bonds. The molecule has 0 radical (unpaired) electrons. The second-order valence-electron chi connectivity index (χ2n) is 6.75. The van der Waals surface area contributed by atoms with Gasteiger partial charge in [-0.05, 0) is 36.7 Å². The third-order valence-electron chi connectivity index (χ3n) is 3.85. The Hall–Kier alpha value is -2.11. The highest BCUT2D eigenvalue weighted by atomic mass is 16.5. The zero-order chi connectivity index (χ0) is 17.4. The van der Waals surface area contributed by atoms with E-state index in [2.05, 4.69) is 29.5 Å². The molecule has 1 saturated carbocycles. The summed E-state index contributed by atoms with van der Waals surface area (Å²) >= 11 is 0. The van der Waals surface area contributed by atoms with Crippen LogP contribution in [0.2, 0.25) is 0 Å². The Bertz CT molecular complexity index is 539. The smallest absolute Gasteiger partial charge is 0.239 e. The predicted octanol–water partition coefficient (Wildman–Crippen LogP) is 2.04. The van der Waals surface area contributed by atoms with Crippen LogP contribution in [0.3, 0.4) is 0 Å². The van der Waals surface area contributed by atoms with Crippen molar-refractivity contribution < 1.29 is 14.3 Å². The first kappa shape index (κ1) is 18.2. The first-order valence-corrected chi connectivity index (χ1v) is 8.64. The maximum absolute atomic E-state index is 11.7. The number of hydrogen-bond acceptors (Lipinski definition) is 4. The van der Waals surface area contributed by atoms with Crippen LogP contribution in [0.4, 0.5) is 0 Å². The average Bonchev–Trinajstić information content (AvgIpc) is 3.39. The highest BCUT2D eigenvalue weighted by Gasteiger charge is 2.22. The Kier molecular flexibility index (Phi) is 7.03. The maximum atomic E-state index is 11.7. The van der Waals surface area contributed by atoms with Crippen molar-refractivity contribution in [1.29, 1.82) is 0 Å². The molecule has 2 rings (SSSR count). The van der Waals surface area contributed by atoms with E-state index in [-0.39, 0.29) is 18.4 Å². The van der Waals surface area contributed by atoms with E-state index in [4.69, 9.17) is 4.74 Å².